The minimum atomic E-state index is -0.276. The summed E-state index contributed by atoms with van der Waals surface area (Å²) in [6.07, 6.45) is 0. The normalized spacial score (nSPS) is 10.0. The summed E-state index contributed by atoms with van der Waals surface area (Å²) in [5.41, 5.74) is 1.02. The Morgan fingerprint density at radius 1 is 0.909 bits per heavy atom. The number of hydrogen-bond donors (Lipinski definition) is 1. The fourth-order valence-corrected chi connectivity index (χ4v) is 2.18. The molecule has 0 aliphatic heterocycles. The smallest absolute Gasteiger partial charge is 0.255 e. The van der Waals surface area contributed by atoms with Crippen molar-refractivity contribution in [1.82, 2.24) is 0 Å². The summed E-state index contributed by atoms with van der Waals surface area (Å²) in [5, 5.41) is 3.19. The highest BCUT2D eigenvalue weighted by molar-refractivity contribution is 6.32. The van der Waals surface area contributed by atoms with E-state index in [1.54, 1.807) is 36.4 Å². The molecule has 5 nitrogen and oxygen atoms in total. The van der Waals surface area contributed by atoms with Crippen molar-refractivity contribution in [3.8, 4) is 17.2 Å². The quantitative estimate of drug-likeness (QED) is 0.914. The number of amides is 1. The number of ether oxygens (including phenoxy) is 3. The van der Waals surface area contributed by atoms with Gasteiger partial charge in [-0.05, 0) is 36.4 Å². The van der Waals surface area contributed by atoms with Crippen molar-refractivity contribution in [2.45, 2.75) is 0 Å². The van der Waals surface area contributed by atoms with Crippen LogP contribution < -0.4 is 19.5 Å². The van der Waals surface area contributed by atoms with Gasteiger partial charge in [0.1, 0.15) is 5.75 Å². The minimum absolute atomic E-state index is 0.276. The molecule has 0 aliphatic carbocycles. The molecule has 2 rings (SSSR count). The molecule has 2 aromatic rings. The third kappa shape index (κ3) is 3.43. The van der Waals surface area contributed by atoms with Crippen LogP contribution in [0.4, 0.5) is 5.69 Å². The van der Waals surface area contributed by atoms with Crippen LogP contribution in [0.1, 0.15) is 10.4 Å². The van der Waals surface area contributed by atoms with Gasteiger partial charge in [-0.25, -0.2) is 0 Å². The Kier molecular flexibility index (Phi) is 5.12. The number of nitrogens with one attached hydrogen (secondary N) is 1. The summed E-state index contributed by atoms with van der Waals surface area (Å²) in [4.78, 5) is 12.3. The van der Waals surface area contributed by atoms with Gasteiger partial charge in [0.05, 0.1) is 26.4 Å². The van der Waals surface area contributed by atoms with Gasteiger partial charge in [-0.2, -0.15) is 0 Å². The molecule has 0 heterocycles. The molecular weight excluding hydrogens is 306 g/mol. The number of carbonyl (C=O) groups is 1. The number of benzene rings is 2. The lowest BCUT2D eigenvalue weighted by atomic mass is 10.2. The zero-order valence-corrected chi connectivity index (χ0v) is 13.2. The van der Waals surface area contributed by atoms with Gasteiger partial charge in [0, 0.05) is 11.3 Å². The van der Waals surface area contributed by atoms with Crippen LogP contribution in [0.3, 0.4) is 0 Å². The number of carbonyl (C=O) groups excluding carboxylic acids is 1. The molecule has 0 fully saturated rings. The number of hydrogen-bond acceptors (Lipinski definition) is 4. The molecule has 0 aromatic heterocycles. The summed E-state index contributed by atoms with van der Waals surface area (Å²) < 4.78 is 15.4. The van der Waals surface area contributed by atoms with E-state index in [9.17, 15) is 4.79 Å². The van der Waals surface area contributed by atoms with Crippen molar-refractivity contribution in [3.05, 3.63) is 47.0 Å². The number of rotatable bonds is 5. The van der Waals surface area contributed by atoms with Crippen molar-refractivity contribution < 1.29 is 19.0 Å². The molecule has 116 valence electrons. The Bertz CT molecular complexity index is 688. The van der Waals surface area contributed by atoms with Crippen molar-refractivity contribution >= 4 is 23.2 Å². The van der Waals surface area contributed by atoms with Crippen molar-refractivity contribution in [3.63, 3.8) is 0 Å². The zero-order valence-electron chi connectivity index (χ0n) is 12.5. The van der Waals surface area contributed by atoms with E-state index in [0.29, 0.717) is 33.5 Å². The highest BCUT2D eigenvalue weighted by Gasteiger charge is 2.11. The first kappa shape index (κ1) is 16.0. The maximum atomic E-state index is 12.3. The maximum absolute atomic E-state index is 12.3. The molecule has 0 aliphatic rings. The van der Waals surface area contributed by atoms with Crippen LogP contribution in [0.5, 0.6) is 17.2 Å². The first-order valence-electron chi connectivity index (χ1n) is 6.46. The topological polar surface area (TPSA) is 56.8 Å². The summed E-state index contributed by atoms with van der Waals surface area (Å²) in [6.45, 7) is 0. The summed E-state index contributed by atoms with van der Waals surface area (Å²) in [5.74, 6) is 1.32. The Labute approximate surface area is 133 Å². The van der Waals surface area contributed by atoms with E-state index >= 15 is 0 Å². The van der Waals surface area contributed by atoms with E-state index < -0.39 is 0 Å². The van der Waals surface area contributed by atoms with Gasteiger partial charge in [0.2, 0.25) is 0 Å². The SMILES string of the molecule is COc1ccc(NC(=O)c2ccc(OC)c(OC)c2)cc1Cl. The fraction of sp³-hybridized carbons (Fsp3) is 0.188. The average Bonchev–Trinajstić information content (AvgIpc) is 2.54. The van der Waals surface area contributed by atoms with E-state index in [1.807, 2.05) is 0 Å². The van der Waals surface area contributed by atoms with Crippen LogP contribution >= 0.6 is 11.6 Å². The molecule has 2 aromatic carbocycles. The highest BCUT2D eigenvalue weighted by atomic mass is 35.5. The maximum Gasteiger partial charge on any atom is 0.255 e. The van der Waals surface area contributed by atoms with Crippen LogP contribution in [-0.4, -0.2) is 27.2 Å². The lowest BCUT2D eigenvalue weighted by molar-refractivity contribution is 0.102. The second-order valence-electron chi connectivity index (χ2n) is 4.37. The standard InChI is InChI=1S/C16H16ClNO4/c1-20-13-7-5-11(9-12(13)17)18-16(19)10-4-6-14(21-2)15(8-10)22-3/h4-9H,1-3H3,(H,18,19). The van der Waals surface area contributed by atoms with Gasteiger partial charge in [-0.1, -0.05) is 11.6 Å². The highest BCUT2D eigenvalue weighted by Crippen LogP contribution is 2.29. The van der Waals surface area contributed by atoms with Gasteiger partial charge in [0.25, 0.3) is 5.91 Å². The minimum Gasteiger partial charge on any atom is -0.495 e. The van der Waals surface area contributed by atoms with Gasteiger partial charge >= 0.3 is 0 Å². The predicted octanol–water partition coefficient (Wildman–Crippen LogP) is 3.62. The second-order valence-corrected chi connectivity index (χ2v) is 4.78. The largest absolute Gasteiger partial charge is 0.495 e. The van der Waals surface area contributed by atoms with Crippen LogP contribution in [0.2, 0.25) is 5.02 Å². The Balaban J connectivity index is 2.20. The van der Waals surface area contributed by atoms with Crippen LogP contribution in [0.15, 0.2) is 36.4 Å². The number of methoxy groups -OCH3 is 3. The van der Waals surface area contributed by atoms with Crippen molar-refractivity contribution in [1.29, 1.82) is 0 Å². The van der Waals surface area contributed by atoms with Gasteiger partial charge in [-0.15, -0.1) is 0 Å². The summed E-state index contributed by atoms with van der Waals surface area (Å²) in [7, 11) is 4.59. The Morgan fingerprint density at radius 2 is 1.55 bits per heavy atom. The fourth-order valence-electron chi connectivity index (χ4n) is 1.92. The molecule has 22 heavy (non-hydrogen) atoms. The Morgan fingerprint density at radius 3 is 2.14 bits per heavy atom. The molecule has 1 amide bonds. The molecule has 6 heteroatoms. The molecule has 0 bridgehead atoms. The first-order chi connectivity index (χ1) is 10.6. The molecule has 1 N–H and O–H groups in total. The van der Waals surface area contributed by atoms with E-state index in [1.165, 1.54) is 21.3 Å². The molecular formula is C16H16ClNO4. The molecule has 0 spiro atoms. The average molecular weight is 322 g/mol. The second kappa shape index (κ2) is 7.04. The monoisotopic (exact) mass is 321 g/mol. The lowest BCUT2D eigenvalue weighted by Crippen LogP contribution is -2.12. The predicted molar refractivity (Wildman–Crippen MR) is 85.5 cm³/mol. The van der Waals surface area contributed by atoms with Crippen LogP contribution in [0.25, 0.3) is 0 Å². The van der Waals surface area contributed by atoms with Crippen LogP contribution in [0, 0.1) is 0 Å². The van der Waals surface area contributed by atoms with Crippen LogP contribution in [-0.2, 0) is 0 Å². The molecule has 0 radical (unpaired) electrons. The van der Waals surface area contributed by atoms with Gasteiger partial charge in [0.15, 0.2) is 11.5 Å². The van der Waals surface area contributed by atoms with E-state index in [0.717, 1.165) is 0 Å². The molecule has 0 saturated heterocycles. The van der Waals surface area contributed by atoms with Crippen molar-refractivity contribution in [2.24, 2.45) is 0 Å². The number of halogens is 1. The lowest BCUT2D eigenvalue weighted by Gasteiger charge is -2.11. The molecule has 0 unspecified atom stereocenters. The number of anilines is 1. The van der Waals surface area contributed by atoms with Gasteiger partial charge in [-0.3, -0.25) is 4.79 Å². The van der Waals surface area contributed by atoms with E-state index in [2.05, 4.69) is 5.32 Å². The Hall–Kier alpha value is -2.40. The summed E-state index contributed by atoms with van der Waals surface area (Å²) in [6, 6.07) is 9.96. The van der Waals surface area contributed by atoms with Gasteiger partial charge < -0.3 is 19.5 Å². The van der Waals surface area contributed by atoms with Crippen molar-refractivity contribution in [2.75, 3.05) is 26.6 Å². The first-order valence-corrected chi connectivity index (χ1v) is 6.83. The summed E-state index contributed by atoms with van der Waals surface area (Å²) >= 11 is 6.03. The van der Waals surface area contributed by atoms with E-state index in [-0.39, 0.29) is 5.91 Å². The zero-order chi connectivity index (χ0) is 16.1. The van der Waals surface area contributed by atoms with E-state index in [4.69, 9.17) is 25.8 Å². The third-order valence-electron chi connectivity index (χ3n) is 3.06. The molecule has 0 saturated carbocycles. The third-order valence-corrected chi connectivity index (χ3v) is 3.35. The molecule has 0 atom stereocenters.